The quantitative estimate of drug-likeness (QED) is 0.909. The van der Waals surface area contributed by atoms with Crippen molar-refractivity contribution in [3.8, 4) is 0 Å². The Labute approximate surface area is 123 Å². The maximum Gasteiger partial charge on any atom is 0.241 e. The van der Waals surface area contributed by atoms with E-state index >= 15 is 0 Å². The number of aromatic nitrogens is 1. The van der Waals surface area contributed by atoms with Crippen LogP contribution in [0.2, 0.25) is 0 Å². The van der Waals surface area contributed by atoms with Crippen molar-refractivity contribution in [3.05, 3.63) is 24.1 Å². The van der Waals surface area contributed by atoms with Crippen LogP contribution in [0.4, 0.5) is 5.69 Å². The van der Waals surface area contributed by atoms with Crippen molar-refractivity contribution in [2.75, 3.05) is 5.32 Å². The molecule has 5 nitrogen and oxygen atoms in total. The average molecular weight is 296 g/mol. The number of nitrogens with two attached hydrogens (primary N) is 1. The Hall–Kier alpha value is -1.59. The zero-order valence-corrected chi connectivity index (χ0v) is 12.1. The Morgan fingerprint density at radius 2 is 2.30 bits per heavy atom. The maximum atomic E-state index is 11.7. The molecule has 1 aromatic carbocycles. The minimum Gasteiger partial charge on any atom is -0.440 e. The van der Waals surface area contributed by atoms with Crippen molar-refractivity contribution in [2.45, 2.75) is 38.1 Å². The van der Waals surface area contributed by atoms with Crippen molar-refractivity contribution in [3.63, 3.8) is 0 Å². The summed E-state index contributed by atoms with van der Waals surface area (Å²) in [6.45, 7) is 1.88. The van der Waals surface area contributed by atoms with Crippen molar-refractivity contribution in [1.29, 1.82) is 0 Å². The van der Waals surface area contributed by atoms with Gasteiger partial charge in [-0.1, -0.05) is 6.92 Å². The predicted octanol–water partition coefficient (Wildman–Crippen LogP) is 2.80. The second-order valence-electron chi connectivity index (χ2n) is 5.01. The summed E-state index contributed by atoms with van der Waals surface area (Å²) >= 11 is 0. The van der Waals surface area contributed by atoms with Crippen LogP contribution >= 0.6 is 12.4 Å². The van der Waals surface area contributed by atoms with Gasteiger partial charge in [-0.15, -0.1) is 12.4 Å². The van der Waals surface area contributed by atoms with Gasteiger partial charge in [-0.3, -0.25) is 4.79 Å². The van der Waals surface area contributed by atoms with Gasteiger partial charge in [-0.05, 0) is 37.5 Å². The molecule has 20 heavy (non-hydrogen) atoms. The molecule has 0 aliphatic heterocycles. The fourth-order valence-electron chi connectivity index (χ4n) is 1.95. The molecule has 0 bridgehead atoms. The summed E-state index contributed by atoms with van der Waals surface area (Å²) in [5.74, 6) is 1.12. The molecule has 1 aliphatic rings. The van der Waals surface area contributed by atoms with Gasteiger partial charge < -0.3 is 15.5 Å². The molecule has 6 heteroatoms. The number of halogens is 1. The summed E-state index contributed by atoms with van der Waals surface area (Å²) in [7, 11) is 0. The number of anilines is 1. The summed E-state index contributed by atoms with van der Waals surface area (Å²) in [5.41, 5.74) is 7.93. The molecule has 1 saturated carbocycles. The number of oxazole rings is 1. The second-order valence-corrected chi connectivity index (χ2v) is 5.01. The lowest BCUT2D eigenvalue weighted by Gasteiger charge is -2.09. The molecular weight excluding hydrogens is 278 g/mol. The SMILES string of the molecule is CC[C@H](N)C(=O)Nc1ccc2oc(C3CC3)nc2c1.Cl. The molecule has 1 atom stereocenters. The van der Waals surface area contributed by atoms with Crippen molar-refractivity contribution < 1.29 is 9.21 Å². The lowest BCUT2D eigenvalue weighted by Crippen LogP contribution is -2.34. The normalized spacial score (nSPS) is 15.7. The number of fused-ring (bicyclic) bond motifs is 1. The monoisotopic (exact) mass is 295 g/mol. The van der Waals surface area contributed by atoms with Crippen LogP contribution in [0.15, 0.2) is 22.6 Å². The van der Waals surface area contributed by atoms with Crippen LogP contribution in [0.25, 0.3) is 11.1 Å². The molecule has 0 unspecified atom stereocenters. The number of rotatable bonds is 4. The molecular formula is C14H18ClN3O2. The van der Waals surface area contributed by atoms with E-state index in [1.54, 1.807) is 0 Å². The topological polar surface area (TPSA) is 81.2 Å². The van der Waals surface area contributed by atoms with Gasteiger partial charge in [0.25, 0.3) is 0 Å². The standard InChI is InChI=1S/C14H17N3O2.ClH/c1-2-10(15)13(18)16-9-5-6-12-11(7-9)17-14(19-12)8-3-4-8;/h5-8,10H,2-4,15H2,1H3,(H,16,18);1H/t10-;/m0./s1. The van der Waals surface area contributed by atoms with Crippen LogP contribution < -0.4 is 11.1 Å². The van der Waals surface area contributed by atoms with E-state index < -0.39 is 6.04 Å². The molecule has 108 valence electrons. The van der Waals surface area contributed by atoms with Crippen LogP contribution in [-0.2, 0) is 4.79 Å². The Bertz CT molecular complexity index is 622. The average Bonchev–Trinajstić information content (AvgIpc) is 3.17. The van der Waals surface area contributed by atoms with Gasteiger partial charge in [0.1, 0.15) is 5.52 Å². The van der Waals surface area contributed by atoms with E-state index in [-0.39, 0.29) is 18.3 Å². The number of carbonyl (C=O) groups excluding carboxylic acids is 1. The van der Waals surface area contributed by atoms with Crippen molar-refractivity contribution in [1.82, 2.24) is 4.98 Å². The molecule has 1 heterocycles. The maximum absolute atomic E-state index is 11.7. The molecule has 1 aliphatic carbocycles. The van der Waals surface area contributed by atoms with Crippen LogP contribution in [0.3, 0.4) is 0 Å². The largest absolute Gasteiger partial charge is 0.440 e. The second kappa shape index (κ2) is 5.81. The molecule has 1 aromatic heterocycles. The highest BCUT2D eigenvalue weighted by atomic mass is 35.5. The Kier molecular flexibility index (Phi) is 4.30. The first-order chi connectivity index (χ1) is 9.17. The van der Waals surface area contributed by atoms with E-state index in [1.807, 2.05) is 25.1 Å². The van der Waals surface area contributed by atoms with Gasteiger partial charge in [0.05, 0.1) is 6.04 Å². The van der Waals surface area contributed by atoms with Crippen molar-refractivity contribution in [2.24, 2.45) is 5.73 Å². The fraction of sp³-hybridized carbons (Fsp3) is 0.429. The molecule has 0 spiro atoms. The molecule has 3 N–H and O–H groups in total. The van der Waals surface area contributed by atoms with Crippen LogP contribution in [0.5, 0.6) is 0 Å². The smallest absolute Gasteiger partial charge is 0.241 e. The van der Waals surface area contributed by atoms with Crippen LogP contribution in [0.1, 0.15) is 38.0 Å². The third kappa shape index (κ3) is 2.94. The Morgan fingerprint density at radius 3 is 2.95 bits per heavy atom. The van der Waals surface area contributed by atoms with E-state index in [1.165, 1.54) is 0 Å². The zero-order valence-electron chi connectivity index (χ0n) is 11.3. The zero-order chi connectivity index (χ0) is 13.4. The lowest BCUT2D eigenvalue weighted by atomic mass is 10.2. The number of hydrogen-bond donors (Lipinski definition) is 2. The number of nitrogens with zero attached hydrogens (tertiary/aromatic N) is 1. The number of nitrogens with one attached hydrogen (secondary N) is 1. The van der Waals surface area contributed by atoms with Gasteiger partial charge >= 0.3 is 0 Å². The number of hydrogen-bond acceptors (Lipinski definition) is 4. The van der Waals surface area contributed by atoms with E-state index in [4.69, 9.17) is 10.2 Å². The molecule has 0 radical (unpaired) electrons. The van der Waals surface area contributed by atoms with Gasteiger partial charge in [0.2, 0.25) is 5.91 Å². The highest BCUT2D eigenvalue weighted by Gasteiger charge is 2.28. The summed E-state index contributed by atoms with van der Waals surface area (Å²) in [5, 5.41) is 2.79. The summed E-state index contributed by atoms with van der Waals surface area (Å²) < 4.78 is 5.67. The number of benzene rings is 1. The molecule has 2 aromatic rings. The van der Waals surface area contributed by atoms with E-state index in [2.05, 4.69) is 10.3 Å². The first-order valence-electron chi connectivity index (χ1n) is 6.64. The Balaban J connectivity index is 0.00000147. The number of amides is 1. The van der Waals surface area contributed by atoms with Gasteiger partial charge in [0.15, 0.2) is 11.5 Å². The minimum absolute atomic E-state index is 0. The van der Waals surface area contributed by atoms with Gasteiger partial charge in [-0.2, -0.15) is 0 Å². The van der Waals surface area contributed by atoms with Crippen molar-refractivity contribution >= 4 is 35.1 Å². The summed E-state index contributed by atoms with van der Waals surface area (Å²) in [6, 6.07) is 4.99. The fourth-order valence-corrected chi connectivity index (χ4v) is 1.95. The lowest BCUT2D eigenvalue weighted by molar-refractivity contribution is -0.117. The van der Waals surface area contributed by atoms with E-state index in [0.29, 0.717) is 18.0 Å². The predicted molar refractivity (Wildman–Crippen MR) is 80.1 cm³/mol. The first-order valence-corrected chi connectivity index (χ1v) is 6.64. The molecule has 0 saturated heterocycles. The third-order valence-corrected chi connectivity index (χ3v) is 3.37. The molecule has 3 rings (SSSR count). The third-order valence-electron chi connectivity index (χ3n) is 3.37. The molecule has 1 fully saturated rings. The van der Waals surface area contributed by atoms with Gasteiger partial charge in [-0.25, -0.2) is 4.98 Å². The Morgan fingerprint density at radius 1 is 1.55 bits per heavy atom. The highest BCUT2D eigenvalue weighted by Crippen LogP contribution is 2.40. The van der Waals surface area contributed by atoms with E-state index in [9.17, 15) is 4.79 Å². The number of carbonyl (C=O) groups is 1. The first kappa shape index (κ1) is 14.8. The molecule has 1 amide bonds. The highest BCUT2D eigenvalue weighted by molar-refractivity contribution is 5.96. The van der Waals surface area contributed by atoms with Crippen LogP contribution in [0, 0.1) is 0 Å². The van der Waals surface area contributed by atoms with Gasteiger partial charge in [0, 0.05) is 11.6 Å². The minimum atomic E-state index is -0.477. The summed E-state index contributed by atoms with van der Waals surface area (Å²) in [6.07, 6.45) is 2.92. The summed E-state index contributed by atoms with van der Waals surface area (Å²) in [4.78, 5) is 16.2. The van der Waals surface area contributed by atoms with E-state index in [0.717, 1.165) is 29.8 Å². The van der Waals surface area contributed by atoms with Crippen LogP contribution in [-0.4, -0.2) is 16.9 Å².